The van der Waals surface area contributed by atoms with Crippen molar-refractivity contribution in [2.45, 2.75) is 12.6 Å². The van der Waals surface area contributed by atoms with Crippen molar-refractivity contribution < 1.29 is 4.74 Å². The Bertz CT molecular complexity index is 1260. The maximum atomic E-state index is 5.89. The Balaban J connectivity index is 1.06. The van der Waals surface area contributed by atoms with Crippen LogP contribution in [-0.4, -0.2) is 42.3 Å². The van der Waals surface area contributed by atoms with Crippen LogP contribution in [0.2, 0.25) is 0 Å². The van der Waals surface area contributed by atoms with Gasteiger partial charge in [0.2, 0.25) is 0 Å². The molecule has 1 aliphatic heterocycles. The molecule has 0 amide bonds. The zero-order chi connectivity index (χ0) is 23.5. The maximum Gasteiger partial charge on any atom is 0.119 e. The van der Waals surface area contributed by atoms with E-state index in [0.717, 1.165) is 37.5 Å². The molecule has 0 atom stereocenters. The minimum atomic E-state index is 0.344. The second-order valence-corrected chi connectivity index (χ2v) is 9.15. The molecule has 0 spiro atoms. The summed E-state index contributed by atoms with van der Waals surface area (Å²) in [7, 11) is 0. The van der Waals surface area contributed by atoms with Crippen molar-refractivity contribution >= 4 is 6.21 Å². The molecule has 0 saturated carbocycles. The molecule has 0 radical (unpaired) electrons. The van der Waals surface area contributed by atoms with Crippen LogP contribution in [0.5, 0.6) is 5.75 Å². The summed E-state index contributed by atoms with van der Waals surface area (Å²) in [6, 6.07) is 36.4. The predicted molar refractivity (Wildman–Crippen MR) is 142 cm³/mol. The fourth-order valence-corrected chi connectivity index (χ4v) is 5.15. The molecule has 0 bridgehead atoms. The highest BCUT2D eigenvalue weighted by atomic mass is 16.5. The van der Waals surface area contributed by atoms with Crippen LogP contribution in [0.15, 0.2) is 108 Å². The van der Waals surface area contributed by atoms with Gasteiger partial charge in [-0.3, -0.25) is 9.91 Å². The molecular weight excluding hydrogens is 430 g/mol. The first-order valence-corrected chi connectivity index (χ1v) is 12.3. The third kappa shape index (κ3) is 4.58. The number of nitrogens with zero attached hydrogens (tertiary/aromatic N) is 3. The Hall–Kier alpha value is -3.89. The first kappa shape index (κ1) is 21.6. The molecule has 174 valence electrons. The Kier molecular flexibility index (Phi) is 6.04. The number of rotatable bonds is 6. The zero-order valence-electron chi connectivity index (χ0n) is 19.8. The zero-order valence-corrected chi connectivity index (χ0v) is 19.8. The first-order chi connectivity index (χ1) is 17.3. The van der Waals surface area contributed by atoms with Crippen molar-refractivity contribution in [3.63, 3.8) is 0 Å². The van der Waals surface area contributed by atoms with Crippen LogP contribution in [0.1, 0.15) is 28.3 Å². The third-order valence-corrected chi connectivity index (χ3v) is 6.96. The van der Waals surface area contributed by atoms with Crippen molar-refractivity contribution in [2.24, 2.45) is 5.10 Å². The molecule has 4 aromatic carbocycles. The lowest BCUT2D eigenvalue weighted by Crippen LogP contribution is -2.45. The molecule has 0 aromatic heterocycles. The van der Waals surface area contributed by atoms with E-state index >= 15 is 0 Å². The topological polar surface area (TPSA) is 28.1 Å². The van der Waals surface area contributed by atoms with Gasteiger partial charge < -0.3 is 4.74 Å². The number of hydrogen-bond acceptors (Lipinski definition) is 4. The third-order valence-electron chi connectivity index (χ3n) is 6.96. The molecule has 35 heavy (non-hydrogen) atoms. The first-order valence-electron chi connectivity index (χ1n) is 12.3. The van der Waals surface area contributed by atoms with Gasteiger partial charge in [-0.2, -0.15) is 5.10 Å². The molecule has 1 heterocycles. The molecule has 1 fully saturated rings. The van der Waals surface area contributed by atoms with Gasteiger partial charge in [0, 0.05) is 26.2 Å². The van der Waals surface area contributed by atoms with Crippen LogP contribution in [0.4, 0.5) is 0 Å². The number of piperazine rings is 1. The summed E-state index contributed by atoms with van der Waals surface area (Å²) in [5.74, 6) is 0.872. The summed E-state index contributed by atoms with van der Waals surface area (Å²) in [4.78, 5) is 2.61. The fourth-order valence-electron chi connectivity index (χ4n) is 5.15. The summed E-state index contributed by atoms with van der Waals surface area (Å²) in [6.07, 6.45) is 1.96. The average molecular weight is 460 g/mol. The molecule has 6 rings (SSSR count). The highest BCUT2D eigenvalue weighted by Gasteiger charge is 2.33. The van der Waals surface area contributed by atoms with Crippen molar-refractivity contribution in [3.8, 4) is 16.9 Å². The molecule has 4 nitrogen and oxygen atoms in total. The summed E-state index contributed by atoms with van der Waals surface area (Å²) < 4.78 is 5.89. The van der Waals surface area contributed by atoms with E-state index in [2.05, 4.69) is 82.7 Å². The highest BCUT2D eigenvalue weighted by Crippen LogP contribution is 2.46. The summed E-state index contributed by atoms with van der Waals surface area (Å²) in [5, 5.41) is 6.95. The lowest BCUT2D eigenvalue weighted by Gasteiger charge is -2.37. The average Bonchev–Trinajstić information content (AvgIpc) is 3.27. The van der Waals surface area contributed by atoms with Crippen molar-refractivity contribution in [1.29, 1.82) is 0 Å². The molecular formula is C31H29N3O. The van der Waals surface area contributed by atoms with Crippen LogP contribution in [0, 0.1) is 0 Å². The molecule has 2 aliphatic rings. The van der Waals surface area contributed by atoms with Crippen molar-refractivity contribution in [3.05, 3.63) is 125 Å². The van der Waals surface area contributed by atoms with Gasteiger partial charge in [-0.05, 0) is 57.6 Å². The number of benzene rings is 4. The van der Waals surface area contributed by atoms with Gasteiger partial charge in [-0.15, -0.1) is 0 Å². The second-order valence-electron chi connectivity index (χ2n) is 9.15. The number of hydrogen-bond donors (Lipinski definition) is 0. The smallest absolute Gasteiger partial charge is 0.119 e. The van der Waals surface area contributed by atoms with E-state index in [1.54, 1.807) is 0 Å². The maximum absolute atomic E-state index is 5.89. The van der Waals surface area contributed by atoms with Crippen LogP contribution in [-0.2, 0) is 6.61 Å². The number of ether oxygens (including phenoxy) is 1. The monoisotopic (exact) mass is 459 g/mol. The normalized spacial score (nSPS) is 15.8. The van der Waals surface area contributed by atoms with E-state index in [-0.39, 0.29) is 0 Å². The van der Waals surface area contributed by atoms with E-state index in [9.17, 15) is 0 Å². The SMILES string of the molecule is C(=NN1CCN(C2c3ccccc3-c3ccccc32)CC1)c1ccc(OCc2ccccc2)cc1. The lowest BCUT2D eigenvalue weighted by molar-refractivity contribution is 0.114. The molecule has 0 N–H and O–H groups in total. The van der Waals surface area contributed by atoms with Gasteiger partial charge in [-0.1, -0.05) is 78.9 Å². The molecule has 4 aromatic rings. The van der Waals surface area contributed by atoms with Gasteiger partial charge in [0.25, 0.3) is 0 Å². The quantitative estimate of drug-likeness (QED) is 0.332. The van der Waals surface area contributed by atoms with E-state index in [0.29, 0.717) is 12.6 Å². The Morgan fingerprint density at radius 2 is 1.29 bits per heavy atom. The summed E-state index contributed by atoms with van der Waals surface area (Å²) in [5.41, 5.74) is 7.87. The Morgan fingerprint density at radius 3 is 1.94 bits per heavy atom. The van der Waals surface area contributed by atoms with Crippen LogP contribution in [0.3, 0.4) is 0 Å². The molecule has 4 heteroatoms. The number of hydrazone groups is 1. The Labute approximate surface area is 207 Å². The van der Waals surface area contributed by atoms with Crippen molar-refractivity contribution in [1.82, 2.24) is 9.91 Å². The van der Waals surface area contributed by atoms with E-state index in [4.69, 9.17) is 9.84 Å². The number of fused-ring (bicyclic) bond motifs is 3. The van der Waals surface area contributed by atoms with Crippen molar-refractivity contribution in [2.75, 3.05) is 26.2 Å². The fraction of sp³-hybridized carbons (Fsp3) is 0.194. The Morgan fingerprint density at radius 1 is 0.686 bits per heavy atom. The molecule has 0 unspecified atom stereocenters. The minimum Gasteiger partial charge on any atom is -0.489 e. The van der Waals surface area contributed by atoms with E-state index < -0.39 is 0 Å². The van der Waals surface area contributed by atoms with Gasteiger partial charge in [0.05, 0.1) is 12.3 Å². The van der Waals surface area contributed by atoms with Crippen LogP contribution < -0.4 is 4.74 Å². The van der Waals surface area contributed by atoms with Gasteiger partial charge in [-0.25, -0.2) is 0 Å². The van der Waals surface area contributed by atoms with Gasteiger partial charge >= 0.3 is 0 Å². The van der Waals surface area contributed by atoms with Crippen LogP contribution >= 0.6 is 0 Å². The largest absolute Gasteiger partial charge is 0.489 e. The standard InChI is InChI=1S/C31H29N3O/c1-2-8-25(9-3-1)23-35-26-16-14-24(15-17-26)22-32-34-20-18-33(19-21-34)31-29-12-6-4-10-27(29)28-11-5-7-13-30(28)31/h1-17,22,31H,18-21,23H2. The van der Waals surface area contributed by atoms with Gasteiger partial charge in [0.15, 0.2) is 0 Å². The summed E-state index contributed by atoms with van der Waals surface area (Å²) in [6.45, 7) is 4.42. The minimum absolute atomic E-state index is 0.344. The van der Waals surface area contributed by atoms with Gasteiger partial charge in [0.1, 0.15) is 12.4 Å². The lowest BCUT2D eigenvalue weighted by atomic mass is 10.0. The van der Waals surface area contributed by atoms with E-state index in [1.807, 2.05) is 36.5 Å². The predicted octanol–water partition coefficient (Wildman–Crippen LogP) is 5.99. The van der Waals surface area contributed by atoms with E-state index in [1.165, 1.54) is 27.8 Å². The summed E-state index contributed by atoms with van der Waals surface area (Å²) >= 11 is 0. The highest BCUT2D eigenvalue weighted by molar-refractivity contribution is 5.80. The molecule has 1 aliphatic carbocycles. The molecule has 1 saturated heterocycles. The van der Waals surface area contributed by atoms with Crippen LogP contribution in [0.25, 0.3) is 11.1 Å². The second kappa shape index (κ2) is 9.77.